The van der Waals surface area contributed by atoms with Crippen LogP contribution in [-0.2, 0) is 9.59 Å². The van der Waals surface area contributed by atoms with Crippen LogP contribution in [0, 0.1) is 0 Å². The molecule has 0 amide bonds. The summed E-state index contributed by atoms with van der Waals surface area (Å²) >= 11 is 0. The first-order valence-corrected chi connectivity index (χ1v) is 9.95. The van der Waals surface area contributed by atoms with Crippen molar-refractivity contribution >= 4 is 46.0 Å². The van der Waals surface area contributed by atoms with Crippen molar-refractivity contribution in [3.63, 3.8) is 0 Å². The molecule has 0 unspecified atom stereocenters. The van der Waals surface area contributed by atoms with Crippen LogP contribution in [0.3, 0.4) is 0 Å². The number of amidine groups is 2. The fourth-order valence-corrected chi connectivity index (χ4v) is 2.55. The zero-order valence-electron chi connectivity index (χ0n) is 17.8. The summed E-state index contributed by atoms with van der Waals surface area (Å²) in [7, 11) is 0. The van der Waals surface area contributed by atoms with E-state index in [1.807, 2.05) is 60.7 Å². The average Bonchev–Trinajstić information content (AvgIpc) is 2.81. The van der Waals surface area contributed by atoms with Crippen molar-refractivity contribution < 1.29 is 9.59 Å². The molecule has 32 heavy (non-hydrogen) atoms. The van der Waals surface area contributed by atoms with E-state index in [-0.39, 0.29) is 23.2 Å². The van der Waals surface area contributed by atoms with Crippen LogP contribution in [-0.4, -0.2) is 23.2 Å². The number of carbonyl (C=O) groups is 2. The summed E-state index contributed by atoms with van der Waals surface area (Å²) in [5.74, 6) is -0.0947. The first-order valence-electron chi connectivity index (χ1n) is 9.95. The van der Waals surface area contributed by atoms with Crippen molar-refractivity contribution in [2.45, 2.75) is 13.8 Å². The largest absolute Gasteiger partial charge is 0.300 e. The van der Waals surface area contributed by atoms with Gasteiger partial charge < -0.3 is 0 Å². The van der Waals surface area contributed by atoms with Crippen LogP contribution in [0.25, 0.3) is 0 Å². The predicted octanol–water partition coefficient (Wildman–Crippen LogP) is 4.16. The van der Waals surface area contributed by atoms with Crippen molar-refractivity contribution in [1.82, 2.24) is 10.9 Å². The highest BCUT2D eigenvalue weighted by Crippen LogP contribution is 2.19. The third-order valence-electron chi connectivity index (χ3n) is 4.20. The van der Waals surface area contributed by atoms with Gasteiger partial charge in [-0.15, -0.1) is 0 Å². The summed E-state index contributed by atoms with van der Waals surface area (Å²) < 4.78 is 0. The highest BCUT2D eigenvalue weighted by Gasteiger charge is 2.08. The Kier molecular flexibility index (Phi) is 7.69. The van der Waals surface area contributed by atoms with Crippen molar-refractivity contribution in [3.05, 3.63) is 84.9 Å². The SMILES string of the molecule is CC(=O)C(=Nc1ccc(N=C(NNc2ccccc2)C(C)=O)cc1)NNc1ccccc1. The van der Waals surface area contributed by atoms with Gasteiger partial charge in [-0.25, -0.2) is 9.98 Å². The van der Waals surface area contributed by atoms with Crippen LogP contribution in [0.1, 0.15) is 13.8 Å². The minimum absolute atomic E-state index is 0.170. The van der Waals surface area contributed by atoms with E-state index in [4.69, 9.17) is 0 Å². The zero-order valence-corrected chi connectivity index (χ0v) is 17.8. The van der Waals surface area contributed by atoms with Gasteiger partial charge in [0.1, 0.15) is 0 Å². The van der Waals surface area contributed by atoms with Crippen LogP contribution >= 0.6 is 0 Å². The van der Waals surface area contributed by atoms with Gasteiger partial charge in [-0.1, -0.05) is 36.4 Å². The molecule has 8 nitrogen and oxygen atoms in total. The third kappa shape index (κ3) is 6.81. The molecular formula is C24H24N6O2. The fourth-order valence-electron chi connectivity index (χ4n) is 2.55. The molecule has 3 rings (SSSR count). The zero-order chi connectivity index (χ0) is 22.8. The molecule has 0 saturated heterocycles. The third-order valence-corrected chi connectivity index (χ3v) is 4.20. The number of hydrazine groups is 2. The van der Waals surface area contributed by atoms with E-state index in [2.05, 4.69) is 31.7 Å². The van der Waals surface area contributed by atoms with Crippen LogP contribution in [0.5, 0.6) is 0 Å². The van der Waals surface area contributed by atoms with E-state index in [0.29, 0.717) is 11.4 Å². The maximum Gasteiger partial charge on any atom is 0.196 e. The number of aliphatic imine (C=N–C) groups is 2. The smallest absolute Gasteiger partial charge is 0.196 e. The van der Waals surface area contributed by atoms with Gasteiger partial charge in [0.25, 0.3) is 0 Å². The quantitative estimate of drug-likeness (QED) is 0.244. The van der Waals surface area contributed by atoms with E-state index >= 15 is 0 Å². The van der Waals surface area contributed by atoms with Crippen LogP contribution in [0.4, 0.5) is 22.7 Å². The molecule has 8 heteroatoms. The van der Waals surface area contributed by atoms with Crippen LogP contribution in [0.2, 0.25) is 0 Å². The van der Waals surface area contributed by atoms with Crippen LogP contribution < -0.4 is 21.7 Å². The summed E-state index contributed by atoms with van der Waals surface area (Å²) in [6.07, 6.45) is 0. The van der Waals surface area contributed by atoms with Gasteiger partial charge in [0.15, 0.2) is 23.2 Å². The number of Topliss-reactive ketones (excluding diaryl/α,β-unsaturated/α-hetero) is 2. The van der Waals surface area contributed by atoms with E-state index < -0.39 is 0 Å². The van der Waals surface area contributed by atoms with E-state index in [9.17, 15) is 9.59 Å². The van der Waals surface area contributed by atoms with Gasteiger partial charge in [-0.05, 0) is 48.5 Å². The van der Waals surface area contributed by atoms with Gasteiger partial charge in [0.2, 0.25) is 0 Å². The first-order chi connectivity index (χ1) is 15.5. The van der Waals surface area contributed by atoms with E-state index in [1.54, 1.807) is 24.3 Å². The second-order valence-electron chi connectivity index (χ2n) is 6.78. The lowest BCUT2D eigenvalue weighted by Crippen LogP contribution is -2.34. The minimum atomic E-state index is -0.217. The maximum atomic E-state index is 11.9. The molecule has 0 fully saturated rings. The normalized spacial score (nSPS) is 11.4. The second kappa shape index (κ2) is 11.1. The van der Waals surface area contributed by atoms with Gasteiger partial charge in [0.05, 0.1) is 22.7 Å². The molecule has 0 bridgehead atoms. The molecule has 4 N–H and O–H groups in total. The Bertz CT molecular complexity index is 1020. The highest BCUT2D eigenvalue weighted by atomic mass is 16.1. The molecule has 0 heterocycles. The highest BCUT2D eigenvalue weighted by molar-refractivity contribution is 6.39. The van der Waals surface area contributed by atoms with Crippen molar-refractivity contribution in [1.29, 1.82) is 0 Å². The molecule has 0 radical (unpaired) electrons. The Morgan fingerprint density at radius 2 is 0.906 bits per heavy atom. The fraction of sp³-hybridized carbons (Fsp3) is 0.0833. The Morgan fingerprint density at radius 3 is 1.22 bits per heavy atom. The summed E-state index contributed by atoms with van der Waals surface area (Å²) in [6.45, 7) is 2.86. The monoisotopic (exact) mass is 428 g/mol. The number of rotatable bonds is 8. The summed E-state index contributed by atoms with van der Waals surface area (Å²) in [5.41, 5.74) is 14.3. The van der Waals surface area contributed by atoms with E-state index in [0.717, 1.165) is 11.4 Å². The van der Waals surface area contributed by atoms with Gasteiger partial charge in [0, 0.05) is 13.8 Å². The Labute approximate surface area is 186 Å². The Morgan fingerprint density at radius 1 is 0.562 bits per heavy atom. The first kappa shape index (κ1) is 22.2. The lowest BCUT2D eigenvalue weighted by Gasteiger charge is -2.11. The Hall–Kier alpha value is -4.46. The number of para-hydroxylation sites is 2. The Balaban J connectivity index is 1.69. The molecule has 0 atom stereocenters. The predicted molar refractivity (Wildman–Crippen MR) is 128 cm³/mol. The van der Waals surface area contributed by atoms with Gasteiger partial charge in [-0.2, -0.15) is 0 Å². The molecule has 0 aromatic heterocycles. The van der Waals surface area contributed by atoms with Gasteiger partial charge in [-0.3, -0.25) is 31.3 Å². The van der Waals surface area contributed by atoms with Crippen molar-refractivity contribution in [2.24, 2.45) is 9.98 Å². The number of nitrogens with zero attached hydrogens (tertiary/aromatic N) is 2. The number of hydrogen-bond acceptors (Lipinski definition) is 6. The van der Waals surface area contributed by atoms with Crippen LogP contribution in [0.15, 0.2) is 94.9 Å². The van der Waals surface area contributed by atoms with Crippen molar-refractivity contribution in [2.75, 3.05) is 10.9 Å². The standard InChI is InChI=1S/C24H24N6O2/c1-17(31)23(29-27-21-9-5-3-6-10-21)25-19-13-15-20(16-14-19)26-24(18(2)32)30-28-22-11-7-4-8-12-22/h3-16,27-28H,1-2H3,(H,25,29)(H,26,30). The number of ketones is 2. The number of benzene rings is 3. The molecule has 162 valence electrons. The molecular weight excluding hydrogens is 404 g/mol. The lowest BCUT2D eigenvalue weighted by molar-refractivity contribution is -0.112. The lowest BCUT2D eigenvalue weighted by atomic mass is 10.3. The molecule has 0 spiro atoms. The van der Waals surface area contributed by atoms with Crippen molar-refractivity contribution in [3.8, 4) is 0 Å². The molecule has 0 aliphatic heterocycles. The molecule has 0 saturated carbocycles. The average molecular weight is 428 g/mol. The molecule has 3 aromatic carbocycles. The molecule has 0 aliphatic carbocycles. The van der Waals surface area contributed by atoms with Gasteiger partial charge >= 0.3 is 0 Å². The summed E-state index contributed by atoms with van der Waals surface area (Å²) in [6, 6.07) is 25.7. The number of anilines is 2. The number of carbonyl (C=O) groups excluding carboxylic acids is 2. The minimum Gasteiger partial charge on any atom is -0.300 e. The summed E-state index contributed by atoms with van der Waals surface area (Å²) in [4.78, 5) is 32.6. The summed E-state index contributed by atoms with van der Waals surface area (Å²) in [5, 5.41) is 0. The molecule has 0 aliphatic rings. The molecule has 3 aromatic rings. The number of nitrogens with one attached hydrogen (secondary N) is 4. The van der Waals surface area contributed by atoms with E-state index in [1.165, 1.54) is 13.8 Å². The second-order valence-corrected chi connectivity index (χ2v) is 6.78. The maximum absolute atomic E-state index is 11.9. The topological polar surface area (TPSA) is 107 Å². The number of hydrogen-bond donors (Lipinski definition) is 4.